The van der Waals surface area contributed by atoms with E-state index >= 15 is 0 Å². The second-order valence-corrected chi connectivity index (χ2v) is 2.73. The van der Waals surface area contributed by atoms with Gasteiger partial charge in [0.1, 0.15) is 5.75 Å². The minimum Gasteiger partial charge on any atom is -0.433 e. The second kappa shape index (κ2) is 3.09. The molecule has 0 N–H and O–H groups in total. The standard InChI is InChI=1S/C9H10F2O/c1-7-4-3-5-8(6-7)12-9(2,10)11/h3-6H,1-2H3. The third-order valence-corrected chi connectivity index (χ3v) is 1.29. The Morgan fingerprint density at radius 1 is 1.33 bits per heavy atom. The Labute approximate surface area is 70.0 Å². The van der Waals surface area contributed by atoms with Crippen LogP contribution >= 0.6 is 0 Å². The van der Waals surface area contributed by atoms with E-state index in [1.807, 2.05) is 13.0 Å². The Hall–Kier alpha value is -1.12. The minimum absolute atomic E-state index is 0.197. The fourth-order valence-electron chi connectivity index (χ4n) is 0.886. The molecule has 0 saturated heterocycles. The average Bonchev–Trinajstić information content (AvgIpc) is 1.82. The number of hydrogen-bond acceptors (Lipinski definition) is 1. The molecule has 0 atom stereocenters. The summed E-state index contributed by atoms with van der Waals surface area (Å²) in [5.41, 5.74) is 0.900. The average molecular weight is 172 g/mol. The van der Waals surface area contributed by atoms with Crippen molar-refractivity contribution < 1.29 is 13.5 Å². The van der Waals surface area contributed by atoms with E-state index in [0.29, 0.717) is 0 Å². The molecule has 0 unspecified atom stereocenters. The predicted octanol–water partition coefficient (Wildman–Crippen LogP) is 2.99. The lowest BCUT2D eigenvalue weighted by molar-refractivity contribution is -0.158. The van der Waals surface area contributed by atoms with Gasteiger partial charge in [0.2, 0.25) is 0 Å². The molecule has 1 aromatic carbocycles. The van der Waals surface area contributed by atoms with Crippen molar-refractivity contribution in [1.82, 2.24) is 0 Å². The van der Waals surface area contributed by atoms with Crippen LogP contribution in [0.1, 0.15) is 12.5 Å². The summed E-state index contributed by atoms with van der Waals surface area (Å²) in [6.45, 7) is 2.54. The molecule has 0 radical (unpaired) electrons. The third-order valence-electron chi connectivity index (χ3n) is 1.29. The zero-order valence-electron chi connectivity index (χ0n) is 6.97. The van der Waals surface area contributed by atoms with E-state index in [1.54, 1.807) is 12.1 Å². The monoisotopic (exact) mass is 172 g/mol. The van der Waals surface area contributed by atoms with Crippen LogP contribution in [0.5, 0.6) is 5.75 Å². The Bertz CT molecular complexity index is 265. The van der Waals surface area contributed by atoms with E-state index in [9.17, 15) is 8.78 Å². The second-order valence-electron chi connectivity index (χ2n) is 2.73. The highest BCUT2D eigenvalue weighted by molar-refractivity contribution is 5.27. The molecule has 0 fully saturated rings. The molecule has 0 amide bonds. The van der Waals surface area contributed by atoms with Gasteiger partial charge in [-0.3, -0.25) is 0 Å². The van der Waals surface area contributed by atoms with E-state index in [-0.39, 0.29) is 5.75 Å². The number of ether oxygens (including phenoxy) is 1. The first-order valence-electron chi connectivity index (χ1n) is 3.61. The third kappa shape index (κ3) is 2.86. The van der Waals surface area contributed by atoms with Crippen molar-refractivity contribution >= 4 is 0 Å². The summed E-state index contributed by atoms with van der Waals surface area (Å²) >= 11 is 0. The van der Waals surface area contributed by atoms with Gasteiger partial charge in [0, 0.05) is 6.92 Å². The molecule has 1 aromatic rings. The zero-order valence-corrected chi connectivity index (χ0v) is 6.97. The fourth-order valence-corrected chi connectivity index (χ4v) is 0.886. The van der Waals surface area contributed by atoms with Crippen molar-refractivity contribution in [3.05, 3.63) is 29.8 Å². The van der Waals surface area contributed by atoms with Crippen LogP contribution in [-0.4, -0.2) is 6.11 Å². The molecule has 0 aliphatic carbocycles. The molecule has 0 aromatic heterocycles. The number of hydrogen-bond donors (Lipinski definition) is 0. The largest absolute Gasteiger partial charge is 0.433 e. The lowest BCUT2D eigenvalue weighted by atomic mass is 10.2. The van der Waals surface area contributed by atoms with E-state index in [2.05, 4.69) is 4.74 Å². The number of halogens is 2. The first-order chi connectivity index (χ1) is 5.47. The van der Waals surface area contributed by atoms with E-state index in [1.165, 1.54) is 6.07 Å². The van der Waals surface area contributed by atoms with Gasteiger partial charge in [0.25, 0.3) is 0 Å². The van der Waals surface area contributed by atoms with Crippen LogP contribution in [0.4, 0.5) is 8.78 Å². The van der Waals surface area contributed by atoms with Crippen molar-refractivity contribution in [3.8, 4) is 5.75 Å². The molecular weight excluding hydrogens is 162 g/mol. The van der Waals surface area contributed by atoms with Gasteiger partial charge in [0.05, 0.1) is 0 Å². The van der Waals surface area contributed by atoms with Gasteiger partial charge >= 0.3 is 6.11 Å². The Balaban J connectivity index is 2.77. The maximum Gasteiger partial charge on any atom is 0.394 e. The molecule has 0 aliphatic heterocycles. The number of aryl methyl sites for hydroxylation is 1. The Morgan fingerprint density at radius 2 is 2.00 bits per heavy atom. The molecule has 12 heavy (non-hydrogen) atoms. The molecule has 3 heteroatoms. The van der Waals surface area contributed by atoms with Crippen LogP contribution in [0.25, 0.3) is 0 Å². The van der Waals surface area contributed by atoms with Gasteiger partial charge in [-0.1, -0.05) is 12.1 Å². The molecule has 1 rings (SSSR count). The summed E-state index contributed by atoms with van der Waals surface area (Å²) in [6.07, 6.45) is -3.10. The molecule has 0 spiro atoms. The van der Waals surface area contributed by atoms with Crippen LogP contribution in [0.15, 0.2) is 24.3 Å². The van der Waals surface area contributed by atoms with Crippen LogP contribution < -0.4 is 4.74 Å². The summed E-state index contributed by atoms with van der Waals surface area (Å²) in [5.74, 6) is 0.197. The molecular formula is C9H10F2O. The quantitative estimate of drug-likeness (QED) is 0.666. The molecule has 1 nitrogen and oxygen atoms in total. The van der Waals surface area contributed by atoms with Crippen molar-refractivity contribution in [2.75, 3.05) is 0 Å². The molecule has 0 bridgehead atoms. The highest BCUT2D eigenvalue weighted by Crippen LogP contribution is 2.21. The van der Waals surface area contributed by atoms with Crippen molar-refractivity contribution in [2.24, 2.45) is 0 Å². The molecule has 0 aliphatic rings. The van der Waals surface area contributed by atoms with Crippen molar-refractivity contribution in [2.45, 2.75) is 20.0 Å². The van der Waals surface area contributed by atoms with Crippen molar-refractivity contribution in [1.29, 1.82) is 0 Å². The lowest BCUT2D eigenvalue weighted by Gasteiger charge is -2.12. The van der Waals surface area contributed by atoms with E-state index in [0.717, 1.165) is 12.5 Å². The predicted molar refractivity (Wildman–Crippen MR) is 42.4 cm³/mol. The first-order valence-corrected chi connectivity index (χ1v) is 3.61. The summed E-state index contributed by atoms with van der Waals surface area (Å²) in [4.78, 5) is 0. The Kier molecular flexibility index (Phi) is 2.31. The van der Waals surface area contributed by atoms with Gasteiger partial charge in [-0.25, -0.2) is 0 Å². The van der Waals surface area contributed by atoms with Crippen molar-refractivity contribution in [3.63, 3.8) is 0 Å². The van der Waals surface area contributed by atoms with Crippen LogP contribution in [0.3, 0.4) is 0 Å². The van der Waals surface area contributed by atoms with Gasteiger partial charge in [-0.15, -0.1) is 0 Å². The maximum atomic E-state index is 12.3. The SMILES string of the molecule is Cc1cccc(OC(C)(F)F)c1. The van der Waals surface area contributed by atoms with Gasteiger partial charge in [-0.2, -0.15) is 8.78 Å². The Morgan fingerprint density at radius 3 is 2.50 bits per heavy atom. The highest BCUT2D eigenvalue weighted by Gasteiger charge is 2.22. The fraction of sp³-hybridized carbons (Fsp3) is 0.333. The first kappa shape index (κ1) is 8.97. The number of rotatable bonds is 2. The van der Waals surface area contributed by atoms with Crippen LogP contribution in [0, 0.1) is 6.92 Å². The molecule has 0 heterocycles. The minimum atomic E-state index is -3.10. The van der Waals surface area contributed by atoms with E-state index in [4.69, 9.17) is 0 Å². The smallest absolute Gasteiger partial charge is 0.394 e. The van der Waals surface area contributed by atoms with Gasteiger partial charge < -0.3 is 4.74 Å². The number of alkyl halides is 2. The summed E-state index contributed by atoms with van der Waals surface area (Å²) in [7, 11) is 0. The van der Waals surface area contributed by atoms with Crippen LogP contribution in [-0.2, 0) is 0 Å². The summed E-state index contributed by atoms with van der Waals surface area (Å²) in [5, 5.41) is 0. The number of benzene rings is 1. The highest BCUT2D eigenvalue weighted by atomic mass is 19.3. The topological polar surface area (TPSA) is 9.23 Å². The van der Waals surface area contributed by atoms with Crippen LogP contribution in [0.2, 0.25) is 0 Å². The maximum absolute atomic E-state index is 12.3. The summed E-state index contributed by atoms with van der Waals surface area (Å²) in [6, 6.07) is 6.57. The molecule has 0 saturated carbocycles. The van der Waals surface area contributed by atoms with Gasteiger partial charge in [0.15, 0.2) is 0 Å². The summed E-state index contributed by atoms with van der Waals surface area (Å²) < 4.78 is 29.0. The normalized spacial score (nSPS) is 11.3. The lowest BCUT2D eigenvalue weighted by Crippen LogP contribution is -2.18. The zero-order chi connectivity index (χ0) is 9.19. The molecule has 66 valence electrons. The van der Waals surface area contributed by atoms with Gasteiger partial charge in [-0.05, 0) is 24.6 Å². The van der Waals surface area contributed by atoms with E-state index < -0.39 is 6.11 Å².